The molecule has 0 atom stereocenters. The molecule has 27 heavy (non-hydrogen) atoms. The van der Waals surface area contributed by atoms with Gasteiger partial charge in [-0.25, -0.2) is 0 Å². The number of nitrogens with zero attached hydrogens (tertiary/aromatic N) is 2. The van der Waals surface area contributed by atoms with E-state index in [-0.39, 0.29) is 5.57 Å². The van der Waals surface area contributed by atoms with E-state index in [0.717, 1.165) is 28.1 Å². The van der Waals surface area contributed by atoms with Crippen molar-refractivity contribution in [1.82, 2.24) is 0 Å². The molecule has 0 aliphatic carbocycles. The van der Waals surface area contributed by atoms with Crippen LogP contribution in [0.4, 0.5) is 5.69 Å². The second-order valence-electron chi connectivity index (χ2n) is 5.81. The van der Waals surface area contributed by atoms with Crippen molar-refractivity contribution in [2.24, 2.45) is 0 Å². The smallest absolute Gasteiger partial charge is 0.145 e. The molecule has 0 aliphatic heterocycles. The van der Waals surface area contributed by atoms with Crippen LogP contribution in [0.3, 0.4) is 0 Å². The van der Waals surface area contributed by atoms with E-state index in [4.69, 9.17) is 15.3 Å². The fourth-order valence-corrected chi connectivity index (χ4v) is 2.52. The van der Waals surface area contributed by atoms with Crippen molar-refractivity contribution in [3.63, 3.8) is 0 Å². The maximum atomic E-state index is 8.79. The molecule has 3 aromatic rings. The van der Waals surface area contributed by atoms with E-state index in [1.807, 2.05) is 91.0 Å². The summed E-state index contributed by atoms with van der Waals surface area (Å²) in [5.74, 6) is 0.812. The van der Waals surface area contributed by atoms with E-state index in [1.165, 1.54) is 6.20 Å². The minimum Gasteiger partial charge on any atom is -0.489 e. The molecule has 3 aromatic carbocycles. The molecule has 0 saturated carbocycles. The zero-order valence-corrected chi connectivity index (χ0v) is 14.6. The monoisotopic (exact) mass is 351 g/mol. The molecule has 0 fully saturated rings. The van der Waals surface area contributed by atoms with Crippen molar-refractivity contribution in [2.75, 3.05) is 5.32 Å². The quantitative estimate of drug-likeness (QED) is 0.614. The van der Waals surface area contributed by atoms with Gasteiger partial charge in [0.2, 0.25) is 0 Å². The van der Waals surface area contributed by atoms with E-state index in [2.05, 4.69) is 5.32 Å². The number of nitrogens with one attached hydrogen (secondary N) is 1. The summed E-state index contributed by atoms with van der Waals surface area (Å²) in [6, 6.07) is 29.4. The van der Waals surface area contributed by atoms with Gasteiger partial charge in [-0.05, 0) is 41.0 Å². The topological polar surface area (TPSA) is 68.8 Å². The molecule has 1 N–H and O–H groups in total. The van der Waals surface area contributed by atoms with Crippen LogP contribution in [-0.2, 0) is 6.61 Å². The van der Waals surface area contributed by atoms with Gasteiger partial charge in [0.25, 0.3) is 0 Å². The third-order valence-corrected chi connectivity index (χ3v) is 3.92. The Bertz CT molecular complexity index is 994. The van der Waals surface area contributed by atoms with Gasteiger partial charge in [0, 0.05) is 11.9 Å². The maximum Gasteiger partial charge on any atom is 0.145 e. The highest BCUT2D eigenvalue weighted by atomic mass is 16.5. The van der Waals surface area contributed by atoms with Crippen LogP contribution in [0.1, 0.15) is 5.56 Å². The summed E-state index contributed by atoms with van der Waals surface area (Å²) >= 11 is 0. The molecule has 4 nitrogen and oxygen atoms in total. The van der Waals surface area contributed by atoms with Crippen LogP contribution in [0.5, 0.6) is 5.75 Å². The third kappa shape index (κ3) is 4.98. The fourth-order valence-electron chi connectivity index (χ4n) is 2.52. The predicted molar refractivity (Wildman–Crippen MR) is 106 cm³/mol. The fraction of sp³-hybridized carbons (Fsp3) is 0.0435. The van der Waals surface area contributed by atoms with Gasteiger partial charge in [0.15, 0.2) is 0 Å². The molecule has 0 amide bonds. The molecule has 3 rings (SSSR count). The standard InChI is InChI=1S/C23H17N3O/c24-14-19(15-25)16-26-22-8-4-7-21(13-22)20-9-11-23(12-10-20)27-17-18-5-2-1-3-6-18/h1-13,16,26H,17H2. The lowest BCUT2D eigenvalue weighted by molar-refractivity contribution is 0.306. The number of ether oxygens (including phenoxy) is 1. The minimum atomic E-state index is 0.0281. The molecular weight excluding hydrogens is 334 g/mol. The van der Waals surface area contributed by atoms with Gasteiger partial charge in [-0.1, -0.05) is 54.6 Å². The summed E-state index contributed by atoms with van der Waals surface area (Å²) in [6.45, 7) is 0.534. The van der Waals surface area contributed by atoms with Gasteiger partial charge < -0.3 is 10.1 Å². The highest BCUT2D eigenvalue weighted by Gasteiger charge is 2.01. The molecule has 0 aromatic heterocycles. The summed E-state index contributed by atoms with van der Waals surface area (Å²) in [5, 5.41) is 20.5. The first-order chi connectivity index (χ1) is 13.3. The Hall–Kier alpha value is -4.02. The van der Waals surface area contributed by atoms with Gasteiger partial charge in [-0.2, -0.15) is 10.5 Å². The van der Waals surface area contributed by atoms with Crippen molar-refractivity contribution in [1.29, 1.82) is 10.5 Å². The zero-order chi connectivity index (χ0) is 18.9. The molecule has 0 spiro atoms. The average Bonchev–Trinajstić information content (AvgIpc) is 2.74. The lowest BCUT2D eigenvalue weighted by atomic mass is 10.0. The summed E-state index contributed by atoms with van der Waals surface area (Å²) < 4.78 is 5.81. The van der Waals surface area contributed by atoms with Gasteiger partial charge in [-0.15, -0.1) is 0 Å². The number of anilines is 1. The Kier molecular flexibility index (Phi) is 5.86. The highest BCUT2D eigenvalue weighted by molar-refractivity contribution is 5.69. The number of allylic oxidation sites excluding steroid dienone is 1. The molecule has 0 aliphatic rings. The molecule has 130 valence electrons. The Labute approximate surface area is 158 Å². The molecule has 4 heteroatoms. The lowest BCUT2D eigenvalue weighted by Gasteiger charge is -2.09. The summed E-state index contributed by atoms with van der Waals surface area (Å²) in [4.78, 5) is 0. The number of benzene rings is 3. The van der Waals surface area contributed by atoms with E-state index in [1.54, 1.807) is 0 Å². The van der Waals surface area contributed by atoms with Crippen molar-refractivity contribution in [3.05, 3.63) is 96.2 Å². The average molecular weight is 351 g/mol. The molecule has 0 saturated heterocycles. The second kappa shape index (κ2) is 8.89. The van der Waals surface area contributed by atoms with Gasteiger partial charge in [0.1, 0.15) is 30.1 Å². The van der Waals surface area contributed by atoms with Crippen LogP contribution in [0.15, 0.2) is 90.6 Å². The molecule has 0 bridgehead atoms. The molecule has 0 heterocycles. The Morgan fingerprint density at radius 3 is 2.30 bits per heavy atom. The first-order valence-electron chi connectivity index (χ1n) is 8.42. The number of hydrogen-bond acceptors (Lipinski definition) is 4. The van der Waals surface area contributed by atoms with Crippen LogP contribution in [0.25, 0.3) is 11.1 Å². The zero-order valence-electron chi connectivity index (χ0n) is 14.6. The van der Waals surface area contributed by atoms with Crippen LogP contribution in [0, 0.1) is 22.7 Å². The van der Waals surface area contributed by atoms with Crippen LogP contribution < -0.4 is 10.1 Å². The largest absolute Gasteiger partial charge is 0.489 e. The minimum absolute atomic E-state index is 0.0281. The Morgan fingerprint density at radius 2 is 1.59 bits per heavy atom. The predicted octanol–water partition coefficient (Wildman–Crippen LogP) is 5.28. The van der Waals surface area contributed by atoms with Crippen molar-refractivity contribution < 1.29 is 4.74 Å². The van der Waals surface area contributed by atoms with Crippen LogP contribution >= 0.6 is 0 Å². The third-order valence-electron chi connectivity index (χ3n) is 3.92. The maximum absolute atomic E-state index is 8.79. The summed E-state index contributed by atoms with van der Waals surface area (Å²) in [6.07, 6.45) is 1.40. The lowest BCUT2D eigenvalue weighted by Crippen LogP contribution is -1.94. The van der Waals surface area contributed by atoms with E-state index in [0.29, 0.717) is 6.61 Å². The Morgan fingerprint density at radius 1 is 0.852 bits per heavy atom. The number of nitriles is 2. The van der Waals surface area contributed by atoms with Gasteiger partial charge in [0.05, 0.1) is 0 Å². The molecular formula is C23H17N3O. The van der Waals surface area contributed by atoms with E-state index < -0.39 is 0 Å². The van der Waals surface area contributed by atoms with E-state index >= 15 is 0 Å². The van der Waals surface area contributed by atoms with Gasteiger partial charge >= 0.3 is 0 Å². The second-order valence-corrected chi connectivity index (χ2v) is 5.81. The van der Waals surface area contributed by atoms with Crippen molar-refractivity contribution in [2.45, 2.75) is 6.61 Å². The van der Waals surface area contributed by atoms with E-state index in [9.17, 15) is 0 Å². The van der Waals surface area contributed by atoms with Gasteiger partial charge in [-0.3, -0.25) is 0 Å². The summed E-state index contributed by atoms with van der Waals surface area (Å²) in [7, 11) is 0. The Balaban J connectivity index is 1.68. The first-order valence-corrected chi connectivity index (χ1v) is 8.42. The number of hydrogen-bond donors (Lipinski definition) is 1. The molecule has 0 radical (unpaired) electrons. The number of rotatable bonds is 6. The van der Waals surface area contributed by atoms with Crippen LogP contribution in [-0.4, -0.2) is 0 Å². The van der Waals surface area contributed by atoms with Crippen molar-refractivity contribution in [3.8, 4) is 29.0 Å². The summed E-state index contributed by atoms with van der Waals surface area (Å²) in [5.41, 5.74) is 4.04. The normalized spacial score (nSPS) is 9.56. The highest BCUT2D eigenvalue weighted by Crippen LogP contribution is 2.25. The molecule has 0 unspecified atom stereocenters. The van der Waals surface area contributed by atoms with Crippen LogP contribution in [0.2, 0.25) is 0 Å². The van der Waals surface area contributed by atoms with Crippen molar-refractivity contribution >= 4 is 5.69 Å². The first kappa shape index (κ1) is 17.8. The SMILES string of the molecule is N#CC(C#N)=CNc1cccc(-c2ccc(OCc3ccccc3)cc2)c1.